The van der Waals surface area contributed by atoms with E-state index in [2.05, 4.69) is 5.32 Å². The van der Waals surface area contributed by atoms with Gasteiger partial charge in [-0.05, 0) is 55.0 Å². The van der Waals surface area contributed by atoms with E-state index in [0.29, 0.717) is 21.9 Å². The fourth-order valence-corrected chi connectivity index (χ4v) is 4.39. The van der Waals surface area contributed by atoms with E-state index in [-0.39, 0.29) is 5.57 Å². The molecule has 1 aliphatic rings. The first-order valence-corrected chi connectivity index (χ1v) is 9.36. The van der Waals surface area contributed by atoms with Gasteiger partial charge in [-0.25, -0.2) is 0 Å². The number of primary amides is 1. The smallest absolute Gasteiger partial charge is 0.266 e. The molecule has 27 heavy (non-hydrogen) atoms. The van der Waals surface area contributed by atoms with Gasteiger partial charge in [0.2, 0.25) is 0 Å². The third kappa shape index (κ3) is 4.01. The van der Waals surface area contributed by atoms with Gasteiger partial charge in [0.25, 0.3) is 11.8 Å². The molecule has 6 nitrogen and oxygen atoms in total. The Bertz CT molecular complexity index is 952. The van der Waals surface area contributed by atoms with E-state index >= 15 is 0 Å². The minimum absolute atomic E-state index is 0.0537. The van der Waals surface area contributed by atoms with Crippen molar-refractivity contribution >= 4 is 34.2 Å². The number of amides is 2. The number of benzene rings is 1. The van der Waals surface area contributed by atoms with Crippen molar-refractivity contribution in [3.05, 3.63) is 51.4 Å². The quantitative estimate of drug-likeness (QED) is 0.612. The zero-order valence-corrected chi connectivity index (χ0v) is 15.7. The summed E-state index contributed by atoms with van der Waals surface area (Å²) >= 11 is 1.37. The first-order chi connectivity index (χ1) is 13.0. The molecule has 138 valence electrons. The number of carbonyl (C=O) groups excluding carboxylic acids is 2. The third-order valence-corrected chi connectivity index (χ3v) is 5.64. The molecule has 0 radical (unpaired) electrons. The first-order valence-electron chi connectivity index (χ1n) is 8.55. The number of fused-ring (bicyclic) bond motifs is 1. The highest BCUT2D eigenvalue weighted by Gasteiger charge is 2.25. The SMILES string of the molecule is COc1ccc(/C=C(\C#N)C(=O)Nc2sc3c(c2C(N)=O)CCCC3)cc1. The van der Waals surface area contributed by atoms with E-state index in [1.807, 2.05) is 6.07 Å². The maximum atomic E-state index is 12.6. The number of hydrogen-bond acceptors (Lipinski definition) is 5. The highest BCUT2D eigenvalue weighted by Crippen LogP contribution is 2.38. The van der Waals surface area contributed by atoms with Gasteiger partial charge in [-0.1, -0.05) is 12.1 Å². The number of thiophene rings is 1. The molecule has 0 aliphatic heterocycles. The number of nitrogens with two attached hydrogens (primary N) is 1. The second-order valence-electron chi connectivity index (χ2n) is 6.18. The average molecular weight is 381 g/mol. The molecular formula is C20H19N3O3S. The second-order valence-corrected chi connectivity index (χ2v) is 7.28. The molecule has 0 spiro atoms. The highest BCUT2D eigenvalue weighted by molar-refractivity contribution is 7.17. The summed E-state index contributed by atoms with van der Waals surface area (Å²) in [4.78, 5) is 25.6. The summed E-state index contributed by atoms with van der Waals surface area (Å²) in [7, 11) is 1.57. The number of anilines is 1. The summed E-state index contributed by atoms with van der Waals surface area (Å²) in [6, 6.07) is 8.91. The van der Waals surface area contributed by atoms with E-state index in [1.165, 1.54) is 17.4 Å². The molecule has 0 fully saturated rings. The summed E-state index contributed by atoms with van der Waals surface area (Å²) in [5.74, 6) is -0.429. The largest absolute Gasteiger partial charge is 0.497 e. The highest BCUT2D eigenvalue weighted by atomic mass is 32.1. The number of nitrogens with one attached hydrogen (secondary N) is 1. The topological polar surface area (TPSA) is 105 Å². The molecule has 2 aromatic rings. The van der Waals surface area contributed by atoms with Crippen molar-refractivity contribution in [1.82, 2.24) is 0 Å². The molecule has 1 aromatic heterocycles. The van der Waals surface area contributed by atoms with Crippen LogP contribution in [0, 0.1) is 11.3 Å². The van der Waals surface area contributed by atoms with Crippen LogP contribution in [0.2, 0.25) is 0 Å². The number of methoxy groups -OCH3 is 1. The molecule has 2 amide bonds. The van der Waals surface area contributed by atoms with Crippen LogP contribution in [0.4, 0.5) is 5.00 Å². The molecule has 0 bridgehead atoms. The molecule has 3 N–H and O–H groups in total. The fourth-order valence-electron chi connectivity index (χ4n) is 3.10. The molecule has 3 rings (SSSR count). The van der Waals surface area contributed by atoms with Crippen LogP contribution in [0.5, 0.6) is 5.75 Å². The van der Waals surface area contributed by atoms with Crippen LogP contribution in [0.15, 0.2) is 29.8 Å². The van der Waals surface area contributed by atoms with E-state index in [1.54, 1.807) is 31.4 Å². The Morgan fingerprint density at radius 3 is 2.59 bits per heavy atom. The van der Waals surface area contributed by atoms with Gasteiger partial charge in [-0.3, -0.25) is 9.59 Å². The molecule has 0 saturated heterocycles. The number of nitrogens with zero attached hydrogens (tertiary/aromatic N) is 1. The lowest BCUT2D eigenvalue weighted by Crippen LogP contribution is -2.19. The average Bonchev–Trinajstić information content (AvgIpc) is 3.04. The van der Waals surface area contributed by atoms with E-state index in [9.17, 15) is 14.9 Å². The van der Waals surface area contributed by atoms with Crippen molar-refractivity contribution in [2.75, 3.05) is 12.4 Å². The number of aryl methyl sites for hydroxylation is 1. The molecule has 0 atom stereocenters. The number of nitriles is 1. The van der Waals surface area contributed by atoms with E-state index < -0.39 is 11.8 Å². The van der Waals surface area contributed by atoms with Crippen LogP contribution < -0.4 is 15.8 Å². The summed E-state index contributed by atoms with van der Waals surface area (Å²) in [5, 5.41) is 12.5. The van der Waals surface area contributed by atoms with Crippen molar-refractivity contribution in [3.63, 3.8) is 0 Å². The van der Waals surface area contributed by atoms with E-state index in [4.69, 9.17) is 10.5 Å². The Labute approximate surface area is 161 Å². The summed E-state index contributed by atoms with van der Waals surface area (Å²) < 4.78 is 5.09. The van der Waals surface area contributed by atoms with Gasteiger partial charge in [-0.2, -0.15) is 5.26 Å². The maximum absolute atomic E-state index is 12.6. The van der Waals surface area contributed by atoms with Gasteiger partial charge in [0.15, 0.2) is 0 Å². The monoisotopic (exact) mass is 381 g/mol. The standard InChI is InChI=1S/C20H19N3O3S/c1-26-14-8-6-12(7-9-14)10-13(11-21)19(25)23-20-17(18(22)24)15-4-2-3-5-16(15)27-20/h6-10H,2-5H2,1H3,(H2,22,24)(H,23,25)/b13-10+. The van der Waals surface area contributed by atoms with Crippen LogP contribution in [0.3, 0.4) is 0 Å². The van der Waals surface area contributed by atoms with Gasteiger partial charge < -0.3 is 15.8 Å². The lowest BCUT2D eigenvalue weighted by molar-refractivity contribution is -0.112. The molecule has 0 saturated carbocycles. The number of carbonyl (C=O) groups is 2. The van der Waals surface area contributed by atoms with Crippen LogP contribution in [0.1, 0.15) is 39.2 Å². The van der Waals surface area contributed by atoms with Crippen LogP contribution >= 0.6 is 11.3 Å². The summed E-state index contributed by atoms with van der Waals surface area (Å²) in [6.45, 7) is 0. The van der Waals surface area contributed by atoms with Crippen LogP contribution in [-0.2, 0) is 17.6 Å². The van der Waals surface area contributed by atoms with Crippen LogP contribution in [-0.4, -0.2) is 18.9 Å². The summed E-state index contributed by atoms with van der Waals surface area (Å²) in [6.07, 6.45) is 5.21. The molecule has 7 heteroatoms. The Morgan fingerprint density at radius 2 is 1.96 bits per heavy atom. The molecule has 1 heterocycles. The first kappa shape index (κ1) is 18.7. The Kier molecular flexibility index (Phi) is 5.57. The summed E-state index contributed by atoms with van der Waals surface area (Å²) in [5.41, 5.74) is 7.50. The fraction of sp³-hybridized carbons (Fsp3) is 0.250. The predicted molar refractivity (Wildman–Crippen MR) is 105 cm³/mol. The van der Waals surface area contributed by atoms with Gasteiger partial charge in [0.05, 0.1) is 12.7 Å². The number of rotatable bonds is 5. The van der Waals surface area contributed by atoms with Crippen molar-refractivity contribution in [2.24, 2.45) is 5.73 Å². The van der Waals surface area contributed by atoms with Gasteiger partial charge in [-0.15, -0.1) is 11.3 Å². The third-order valence-electron chi connectivity index (χ3n) is 4.44. The Hall–Kier alpha value is -3.11. The lowest BCUT2D eigenvalue weighted by Gasteiger charge is -2.11. The van der Waals surface area contributed by atoms with Crippen LogP contribution in [0.25, 0.3) is 6.08 Å². The number of ether oxygens (including phenoxy) is 1. The maximum Gasteiger partial charge on any atom is 0.266 e. The lowest BCUT2D eigenvalue weighted by atomic mass is 9.95. The zero-order chi connectivity index (χ0) is 19.4. The van der Waals surface area contributed by atoms with E-state index in [0.717, 1.165) is 36.1 Å². The van der Waals surface area contributed by atoms with Gasteiger partial charge in [0, 0.05) is 4.88 Å². The number of hydrogen-bond donors (Lipinski definition) is 2. The predicted octanol–water partition coefficient (Wildman–Crippen LogP) is 3.28. The minimum Gasteiger partial charge on any atom is -0.497 e. The van der Waals surface area contributed by atoms with Crippen molar-refractivity contribution in [2.45, 2.75) is 25.7 Å². The Balaban J connectivity index is 1.87. The van der Waals surface area contributed by atoms with Crippen molar-refractivity contribution in [1.29, 1.82) is 5.26 Å². The molecule has 0 unspecified atom stereocenters. The minimum atomic E-state index is -0.561. The Morgan fingerprint density at radius 1 is 1.26 bits per heavy atom. The van der Waals surface area contributed by atoms with Crippen molar-refractivity contribution < 1.29 is 14.3 Å². The normalized spacial score (nSPS) is 13.4. The van der Waals surface area contributed by atoms with Crippen molar-refractivity contribution in [3.8, 4) is 11.8 Å². The second kappa shape index (κ2) is 8.06. The van der Waals surface area contributed by atoms with Gasteiger partial charge >= 0.3 is 0 Å². The molecule has 1 aliphatic carbocycles. The van der Waals surface area contributed by atoms with Gasteiger partial charge in [0.1, 0.15) is 22.4 Å². The molecule has 1 aromatic carbocycles. The zero-order valence-electron chi connectivity index (χ0n) is 14.9. The molecular weight excluding hydrogens is 362 g/mol.